The van der Waals surface area contributed by atoms with Crippen LogP contribution >= 0.6 is 11.3 Å². The predicted octanol–water partition coefficient (Wildman–Crippen LogP) is 6.97. The van der Waals surface area contributed by atoms with Crippen LogP contribution < -0.4 is 9.47 Å². The molecule has 0 radical (unpaired) electrons. The van der Waals surface area contributed by atoms with E-state index in [9.17, 15) is 9.18 Å². The molecule has 5 aromatic rings. The van der Waals surface area contributed by atoms with Crippen molar-refractivity contribution in [3.05, 3.63) is 83.6 Å². The van der Waals surface area contributed by atoms with Crippen LogP contribution in [0.3, 0.4) is 0 Å². The number of thiophene rings is 1. The maximum absolute atomic E-state index is 16.1. The van der Waals surface area contributed by atoms with Gasteiger partial charge in [-0.05, 0) is 62.8 Å². The van der Waals surface area contributed by atoms with Crippen molar-refractivity contribution in [1.29, 1.82) is 0 Å². The van der Waals surface area contributed by atoms with Crippen molar-refractivity contribution >= 4 is 27.3 Å². The lowest BCUT2D eigenvalue weighted by atomic mass is 9.96. The van der Waals surface area contributed by atoms with E-state index in [4.69, 9.17) is 24.3 Å². The highest BCUT2D eigenvalue weighted by molar-refractivity contribution is 7.18. The first kappa shape index (κ1) is 34.2. The number of carbonyl (C=O) groups excluding carboxylic acids is 1. The Labute approximate surface area is 286 Å². The first-order valence-electron chi connectivity index (χ1n) is 15.7. The van der Waals surface area contributed by atoms with Gasteiger partial charge in [-0.1, -0.05) is 6.58 Å². The van der Waals surface area contributed by atoms with Gasteiger partial charge in [-0.25, -0.2) is 18.2 Å². The van der Waals surface area contributed by atoms with Crippen LogP contribution in [0.15, 0.2) is 60.5 Å². The van der Waals surface area contributed by atoms with Gasteiger partial charge in [0.2, 0.25) is 5.91 Å². The second-order valence-corrected chi connectivity index (χ2v) is 12.8. The summed E-state index contributed by atoms with van der Waals surface area (Å²) in [5.74, 6) is -2.31. The first-order chi connectivity index (χ1) is 23.6. The zero-order valence-electron chi connectivity index (χ0n) is 27.6. The van der Waals surface area contributed by atoms with Crippen molar-refractivity contribution < 1.29 is 32.2 Å². The minimum atomic E-state index is -0.844. The number of hydrogen-bond donors (Lipinski definition) is 0. The fourth-order valence-corrected chi connectivity index (χ4v) is 6.89. The number of aromatic nitrogens is 3. The second kappa shape index (κ2) is 14.4. The van der Waals surface area contributed by atoms with E-state index in [1.807, 2.05) is 43.4 Å². The van der Waals surface area contributed by atoms with Gasteiger partial charge < -0.3 is 24.0 Å². The van der Waals surface area contributed by atoms with Crippen LogP contribution in [0, 0.1) is 17.5 Å². The number of methoxy groups -OCH3 is 1. The van der Waals surface area contributed by atoms with Gasteiger partial charge in [0.15, 0.2) is 11.6 Å². The Morgan fingerprint density at radius 3 is 2.53 bits per heavy atom. The van der Waals surface area contributed by atoms with Gasteiger partial charge in [0.1, 0.15) is 42.0 Å². The minimum absolute atomic E-state index is 0.0114. The zero-order valence-corrected chi connectivity index (χ0v) is 28.5. The monoisotopic (exact) mass is 691 g/mol. The van der Waals surface area contributed by atoms with Crippen LogP contribution in [0.25, 0.3) is 43.9 Å². The molecule has 3 aromatic heterocycles. The van der Waals surface area contributed by atoms with E-state index in [1.165, 1.54) is 30.6 Å². The van der Waals surface area contributed by atoms with Gasteiger partial charge in [0.25, 0.3) is 0 Å². The van der Waals surface area contributed by atoms with E-state index >= 15 is 8.78 Å². The summed E-state index contributed by atoms with van der Waals surface area (Å²) in [6.45, 7) is 7.53. The molecule has 1 aliphatic rings. The number of pyridine rings is 1. The molecule has 4 heterocycles. The molecule has 1 amide bonds. The molecule has 0 fully saturated rings. The first-order valence-corrected chi connectivity index (χ1v) is 16.6. The standard InChI is InChI=1S/C36H36F3N5O4S/c1-6-31(45)43-10-11-44-28(21(43)2)20-27(41-44)35-33(32-26(39)18-23(37)19-30(32)48-15-14-46-5)36-24(9-16-49-36)34(40-35)22-7-8-29(25(38)17-22)47-13-12-42(3)4/h6-9,16-21H,1,10-15H2,2-5H3. The third kappa shape index (κ3) is 6.78. The molecular formula is C36H36F3N5O4S. The summed E-state index contributed by atoms with van der Waals surface area (Å²) in [5.41, 5.74) is 2.72. The fourth-order valence-electron chi connectivity index (χ4n) is 5.94. The molecule has 1 unspecified atom stereocenters. The summed E-state index contributed by atoms with van der Waals surface area (Å²) in [6, 6.07) is 9.92. The SMILES string of the molecule is C=CC(=O)N1CCn2nc(-c3nc(-c4ccc(OCCN(C)C)c(F)c4)c4ccsc4c3-c3c(F)cc(F)cc3OCCOC)cc2C1C. The summed E-state index contributed by atoms with van der Waals surface area (Å²) in [7, 11) is 5.31. The third-order valence-electron chi connectivity index (χ3n) is 8.38. The topological polar surface area (TPSA) is 82.0 Å². The second-order valence-electron chi connectivity index (χ2n) is 11.8. The molecule has 1 aliphatic heterocycles. The Balaban J connectivity index is 1.57. The Kier molecular flexibility index (Phi) is 10.0. The fraction of sp³-hybridized carbons (Fsp3) is 0.306. The Morgan fingerprint density at radius 2 is 1.80 bits per heavy atom. The van der Waals surface area contributed by atoms with Crippen LogP contribution in [0.1, 0.15) is 18.7 Å². The molecule has 0 spiro atoms. The molecule has 9 nitrogen and oxygen atoms in total. The third-order valence-corrected chi connectivity index (χ3v) is 9.31. The number of ether oxygens (including phenoxy) is 3. The van der Waals surface area contributed by atoms with Crippen molar-refractivity contribution in [2.45, 2.75) is 19.5 Å². The molecule has 0 aliphatic carbocycles. The van der Waals surface area contributed by atoms with Crippen LogP contribution in [0.4, 0.5) is 13.2 Å². The zero-order chi connectivity index (χ0) is 34.8. The number of hydrogen-bond acceptors (Lipinski definition) is 8. The van der Waals surface area contributed by atoms with Gasteiger partial charge in [0.05, 0.1) is 36.1 Å². The smallest absolute Gasteiger partial charge is 0.246 e. The lowest BCUT2D eigenvalue weighted by molar-refractivity contribution is -0.129. The van der Waals surface area contributed by atoms with Gasteiger partial charge in [0, 0.05) is 53.5 Å². The average Bonchev–Trinajstić information content (AvgIpc) is 3.73. The molecule has 0 saturated carbocycles. The molecule has 2 aromatic carbocycles. The summed E-state index contributed by atoms with van der Waals surface area (Å²) < 4.78 is 65.2. The van der Waals surface area contributed by atoms with Crippen LogP contribution in [-0.2, 0) is 16.1 Å². The molecule has 13 heteroatoms. The van der Waals surface area contributed by atoms with E-state index in [2.05, 4.69) is 6.58 Å². The molecule has 0 bridgehead atoms. The number of nitrogens with zero attached hydrogens (tertiary/aromatic N) is 5. The van der Waals surface area contributed by atoms with Gasteiger partial charge >= 0.3 is 0 Å². The lowest BCUT2D eigenvalue weighted by Crippen LogP contribution is -2.40. The highest BCUT2D eigenvalue weighted by Gasteiger charge is 2.31. The van der Waals surface area contributed by atoms with E-state index < -0.39 is 17.5 Å². The number of halogens is 3. The van der Waals surface area contributed by atoms with Crippen molar-refractivity contribution in [2.75, 3.05) is 54.1 Å². The summed E-state index contributed by atoms with van der Waals surface area (Å²) in [4.78, 5) is 21.3. The summed E-state index contributed by atoms with van der Waals surface area (Å²) in [6.07, 6.45) is 1.28. The Morgan fingerprint density at radius 1 is 1.00 bits per heavy atom. The number of carbonyl (C=O) groups is 1. The van der Waals surface area contributed by atoms with Gasteiger partial charge in [-0.2, -0.15) is 5.10 Å². The van der Waals surface area contributed by atoms with Gasteiger partial charge in [-0.15, -0.1) is 11.3 Å². The molecular weight excluding hydrogens is 655 g/mol. The van der Waals surface area contributed by atoms with E-state index in [0.717, 1.165) is 17.8 Å². The van der Waals surface area contributed by atoms with Crippen LogP contribution in [0.5, 0.6) is 11.5 Å². The molecule has 256 valence electrons. The molecule has 0 N–H and O–H groups in total. The highest BCUT2D eigenvalue weighted by Crippen LogP contribution is 2.47. The largest absolute Gasteiger partial charge is 0.490 e. The van der Waals surface area contributed by atoms with E-state index in [1.54, 1.807) is 21.7 Å². The van der Waals surface area contributed by atoms with Crippen molar-refractivity contribution in [2.24, 2.45) is 0 Å². The quantitative estimate of drug-likeness (QED) is 0.103. The van der Waals surface area contributed by atoms with E-state index in [-0.39, 0.29) is 47.9 Å². The minimum Gasteiger partial charge on any atom is -0.490 e. The molecule has 0 saturated heterocycles. The molecule has 6 rings (SSSR count). The van der Waals surface area contributed by atoms with Crippen molar-refractivity contribution in [3.63, 3.8) is 0 Å². The van der Waals surface area contributed by atoms with E-state index in [0.29, 0.717) is 58.8 Å². The average molecular weight is 692 g/mol. The Bertz CT molecular complexity index is 2030. The number of benzene rings is 2. The number of amides is 1. The highest BCUT2D eigenvalue weighted by atomic mass is 32.1. The lowest BCUT2D eigenvalue weighted by Gasteiger charge is -2.33. The number of rotatable bonds is 12. The van der Waals surface area contributed by atoms with Gasteiger partial charge in [-0.3, -0.25) is 9.48 Å². The van der Waals surface area contributed by atoms with Crippen molar-refractivity contribution in [3.8, 4) is 45.3 Å². The molecule has 1 atom stereocenters. The summed E-state index contributed by atoms with van der Waals surface area (Å²) >= 11 is 1.34. The maximum Gasteiger partial charge on any atom is 0.246 e. The van der Waals surface area contributed by atoms with Crippen LogP contribution in [-0.4, -0.2) is 84.6 Å². The molecule has 49 heavy (non-hydrogen) atoms. The Hall–Kier alpha value is -4.72. The van der Waals surface area contributed by atoms with Crippen LogP contribution in [0.2, 0.25) is 0 Å². The maximum atomic E-state index is 16.1. The predicted molar refractivity (Wildman–Crippen MR) is 183 cm³/mol. The summed E-state index contributed by atoms with van der Waals surface area (Å²) in [5, 5.41) is 7.35. The number of fused-ring (bicyclic) bond motifs is 2. The van der Waals surface area contributed by atoms with Crippen molar-refractivity contribution in [1.82, 2.24) is 24.6 Å². The number of likely N-dealkylation sites (N-methyl/N-ethyl adjacent to an activating group) is 1. The normalized spacial score (nSPS) is 14.4.